The lowest BCUT2D eigenvalue weighted by Gasteiger charge is -2.46. The molecule has 240 valence electrons. The first-order chi connectivity index (χ1) is 21.7. The molecule has 0 spiro atoms. The zero-order chi connectivity index (χ0) is 33.0. The van der Waals surface area contributed by atoms with E-state index in [0.29, 0.717) is 28.6 Å². The Balaban J connectivity index is 1.47. The fourth-order valence-electron chi connectivity index (χ4n) is 6.29. The number of halogens is 4. The van der Waals surface area contributed by atoms with Crippen LogP contribution in [0.1, 0.15) is 46.6 Å². The fourth-order valence-corrected chi connectivity index (χ4v) is 7.85. The first kappa shape index (κ1) is 31.3. The second kappa shape index (κ2) is 11.3. The van der Waals surface area contributed by atoms with Crippen molar-refractivity contribution in [3.63, 3.8) is 0 Å². The summed E-state index contributed by atoms with van der Waals surface area (Å²) in [6.07, 6.45) is 0.611. The number of benzene rings is 1. The number of hydrogen-bond acceptors (Lipinski definition) is 7. The number of ketones is 1. The maximum absolute atomic E-state index is 14.4. The number of fused-ring (bicyclic) bond motifs is 2. The van der Waals surface area contributed by atoms with Crippen molar-refractivity contribution in [2.24, 2.45) is 12.5 Å². The van der Waals surface area contributed by atoms with Gasteiger partial charge in [0.25, 0.3) is 10.0 Å². The molecule has 1 saturated carbocycles. The Morgan fingerprint density at radius 1 is 1.15 bits per heavy atom. The third-order valence-electron chi connectivity index (χ3n) is 8.42. The van der Waals surface area contributed by atoms with Gasteiger partial charge in [-0.15, -0.1) is 0 Å². The largest absolute Gasteiger partial charge is 0.480 e. The van der Waals surface area contributed by atoms with E-state index in [4.69, 9.17) is 0 Å². The van der Waals surface area contributed by atoms with Gasteiger partial charge < -0.3 is 5.11 Å². The smallest absolute Gasteiger partial charge is 0.416 e. The Bertz CT molecular complexity index is 1990. The topological polar surface area (TPSA) is 140 Å². The van der Waals surface area contributed by atoms with Gasteiger partial charge in [0.1, 0.15) is 18.1 Å². The number of aromatic nitrogens is 5. The van der Waals surface area contributed by atoms with Gasteiger partial charge >= 0.3 is 12.1 Å². The highest BCUT2D eigenvalue weighted by atomic mass is 32.2. The van der Waals surface area contributed by atoms with Crippen LogP contribution in [0.2, 0.25) is 0 Å². The van der Waals surface area contributed by atoms with Crippen LogP contribution in [0.4, 0.5) is 17.6 Å². The van der Waals surface area contributed by atoms with Crippen molar-refractivity contribution in [1.29, 1.82) is 0 Å². The number of carbonyl (C=O) groups is 2. The van der Waals surface area contributed by atoms with E-state index in [1.807, 2.05) is 0 Å². The van der Waals surface area contributed by atoms with Crippen molar-refractivity contribution >= 4 is 27.9 Å². The average molecular weight is 659 g/mol. The second-order valence-corrected chi connectivity index (χ2v) is 13.1. The molecule has 3 aromatic heterocycles. The van der Waals surface area contributed by atoms with Crippen molar-refractivity contribution in [2.75, 3.05) is 6.54 Å². The third kappa shape index (κ3) is 5.51. The average Bonchev–Trinajstić information content (AvgIpc) is 3.64. The SMILES string of the molecule is Cn1ccc(S(=O)(=O)N(CC(=O)O)[C@H]2CCC3=Cc4c(cnn4-c4ccc(F)cc4)C[C@]3(C(=O)c3cc(C(F)(F)F)ccn3)C2)n1. The minimum Gasteiger partial charge on any atom is -0.480 e. The predicted octanol–water partition coefficient (Wildman–Crippen LogP) is 4.30. The van der Waals surface area contributed by atoms with Gasteiger partial charge in [-0.25, -0.2) is 17.5 Å². The highest BCUT2D eigenvalue weighted by Crippen LogP contribution is 2.51. The van der Waals surface area contributed by atoms with Gasteiger partial charge in [-0.05, 0) is 79.8 Å². The summed E-state index contributed by atoms with van der Waals surface area (Å²) in [6.45, 7) is -0.928. The number of pyridine rings is 1. The zero-order valence-electron chi connectivity index (χ0n) is 24.1. The molecule has 16 heteroatoms. The summed E-state index contributed by atoms with van der Waals surface area (Å²) in [4.78, 5) is 30.4. The van der Waals surface area contributed by atoms with Gasteiger partial charge in [0.15, 0.2) is 10.8 Å². The van der Waals surface area contributed by atoms with Crippen molar-refractivity contribution in [2.45, 2.75) is 42.9 Å². The first-order valence-corrected chi connectivity index (χ1v) is 15.5. The maximum Gasteiger partial charge on any atom is 0.416 e. The predicted molar refractivity (Wildman–Crippen MR) is 154 cm³/mol. The van der Waals surface area contributed by atoms with E-state index in [-0.39, 0.29) is 30.7 Å². The van der Waals surface area contributed by atoms with Crippen LogP contribution in [0.25, 0.3) is 11.8 Å². The number of allylic oxidation sites excluding steroid dienone is 1. The van der Waals surface area contributed by atoms with Crippen molar-refractivity contribution in [1.82, 2.24) is 28.9 Å². The quantitative estimate of drug-likeness (QED) is 0.219. The molecule has 2 aliphatic rings. The molecule has 1 N–H and O–H groups in total. The van der Waals surface area contributed by atoms with E-state index in [2.05, 4.69) is 15.2 Å². The van der Waals surface area contributed by atoms with Crippen LogP contribution in [0.5, 0.6) is 0 Å². The van der Waals surface area contributed by atoms with E-state index in [0.717, 1.165) is 16.6 Å². The molecule has 46 heavy (non-hydrogen) atoms. The summed E-state index contributed by atoms with van der Waals surface area (Å²) in [5, 5.41) is 17.7. The highest BCUT2D eigenvalue weighted by Gasteiger charge is 2.52. The molecule has 0 aliphatic heterocycles. The Hall–Kier alpha value is -4.70. The molecule has 0 unspecified atom stereocenters. The number of nitrogens with zero attached hydrogens (tertiary/aromatic N) is 6. The summed E-state index contributed by atoms with van der Waals surface area (Å²) >= 11 is 0. The molecule has 1 fully saturated rings. The van der Waals surface area contributed by atoms with Gasteiger partial charge in [0.2, 0.25) is 0 Å². The van der Waals surface area contributed by atoms with Crippen LogP contribution in [0.15, 0.2) is 71.7 Å². The van der Waals surface area contributed by atoms with Crippen molar-refractivity contribution in [3.05, 3.63) is 95.0 Å². The molecule has 11 nitrogen and oxygen atoms in total. The summed E-state index contributed by atoms with van der Waals surface area (Å²) < 4.78 is 85.6. The third-order valence-corrected chi connectivity index (χ3v) is 10.2. The Labute approximate surface area is 259 Å². The zero-order valence-corrected chi connectivity index (χ0v) is 25.0. The van der Waals surface area contributed by atoms with E-state index in [1.165, 1.54) is 54.5 Å². The van der Waals surface area contributed by atoms with E-state index >= 15 is 0 Å². The number of hydrogen-bond donors (Lipinski definition) is 1. The number of sulfonamides is 1. The molecule has 4 aromatic rings. The molecule has 2 aliphatic carbocycles. The molecule has 6 rings (SSSR count). The number of carboxylic acids is 1. The minimum absolute atomic E-state index is 0.0762. The monoisotopic (exact) mass is 658 g/mol. The number of carbonyl (C=O) groups excluding carboxylic acids is 1. The molecular formula is C30H26F4N6O5S. The molecule has 0 bridgehead atoms. The van der Waals surface area contributed by atoms with Crippen LogP contribution in [-0.2, 0) is 34.5 Å². The molecular weight excluding hydrogens is 632 g/mol. The molecule has 0 saturated heterocycles. The molecule has 2 atom stereocenters. The Kier molecular flexibility index (Phi) is 7.67. The maximum atomic E-state index is 14.4. The number of carboxylic acid groups (broad SMARTS) is 1. The number of alkyl halides is 3. The molecule has 0 radical (unpaired) electrons. The van der Waals surface area contributed by atoms with Crippen molar-refractivity contribution in [3.8, 4) is 5.69 Å². The van der Waals surface area contributed by atoms with E-state index < -0.39 is 63.0 Å². The van der Waals surface area contributed by atoms with Crippen LogP contribution in [0, 0.1) is 11.2 Å². The lowest BCUT2D eigenvalue weighted by atomic mass is 9.60. The molecule has 1 aromatic carbocycles. The summed E-state index contributed by atoms with van der Waals surface area (Å²) in [5.74, 6) is -2.65. The fraction of sp³-hybridized carbons (Fsp3) is 0.300. The van der Waals surface area contributed by atoms with Crippen molar-refractivity contribution < 1.29 is 40.7 Å². The van der Waals surface area contributed by atoms with Gasteiger partial charge in [-0.2, -0.15) is 27.7 Å². The van der Waals surface area contributed by atoms with E-state index in [1.54, 1.807) is 10.8 Å². The highest BCUT2D eigenvalue weighted by molar-refractivity contribution is 7.89. The van der Waals surface area contributed by atoms with Crippen LogP contribution >= 0.6 is 0 Å². The van der Waals surface area contributed by atoms with Gasteiger partial charge in [-0.3, -0.25) is 19.3 Å². The van der Waals surface area contributed by atoms with Crippen LogP contribution in [-0.4, -0.2) is 66.7 Å². The van der Waals surface area contributed by atoms with Gasteiger partial charge in [0.05, 0.1) is 28.6 Å². The van der Waals surface area contributed by atoms with E-state index in [9.17, 15) is 40.7 Å². The number of aliphatic carboxylic acids is 1. The summed E-state index contributed by atoms with van der Waals surface area (Å²) in [7, 11) is -2.97. The molecule has 3 heterocycles. The van der Waals surface area contributed by atoms with Gasteiger partial charge in [0, 0.05) is 25.5 Å². The Morgan fingerprint density at radius 3 is 2.54 bits per heavy atom. The lowest BCUT2D eigenvalue weighted by Crippen LogP contribution is -2.52. The standard InChI is InChI=1S/C30H26F4N6O5S/c1-38-11-9-26(37-38)46(44,45)39(17-27(41)42)23-5-2-19-13-25-18(16-36-40(25)22-6-3-21(31)4-7-22)14-29(19,15-23)28(43)24-12-20(8-10-35-24)30(32,33)34/h3-4,6-13,16,23H,2,5,14-15,17H2,1H3,(H,41,42)/t23-,29-/m0/s1. The van der Waals surface area contributed by atoms with Gasteiger partial charge in [-0.1, -0.05) is 5.57 Å². The normalized spacial score (nSPS) is 19.8. The summed E-state index contributed by atoms with van der Waals surface area (Å²) in [6, 6.07) is 7.15. The first-order valence-electron chi connectivity index (χ1n) is 14.0. The second-order valence-electron chi connectivity index (χ2n) is 11.3. The number of aryl methyl sites for hydroxylation is 1. The van der Waals surface area contributed by atoms with Crippen LogP contribution in [0.3, 0.4) is 0 Å². The Morgan fingerprint density at radius 2 is 1.89 bits per heavy atom. The van der Waals surface area contributed by atoms with Crippen LogP contribution < -0.4 is 0 Å². The molecule has 0 amide bonds. The number of rotatable bonds is 8. The summed E-state index contributed by atoms with van der Waals surface area (Å²) in [5.41, 5.74) is -0.981. The number of Topliss-reactive ketones (excluding diaryl/α,β-unsaturated/α-hetero) is 1. The lowest BCUT2D eigenvalue weighted by molar-refractivity contribution is -0.138. The minimum atomic E-state index is -4.76.